The summed E-state index contributed by atoms with van der Waals surface area (Å²) in [4.78, 5) is 17.9. The summed E-state index contributed by atoms with van der Waals surface area (Å²) in [7, 11) is 3.36. The summed E-state index contributed by atoms with van der Waals surface area (Å²) in [6.07, 6.45) is 1.57. The number of nitrogen functional groups attached to an aromatic ring is 1. The average Bonchev–Trinajstić information content (AvgIpc) is 2.62. The van der Waals surface area contributed by atoms with Crippen LogP contribution in [0.25, 0.3) is 11.1 Å². The van der Waals surface area contributed by atoms with E-state index in [1.165, 1.54) is 6.07 Å². The fourth-order valence-corrected chi connectivity index (χ4v) is 2.53. The van der Waals surface area contributed by atoms with E-state index in [0.717, 1.165) is 24.3 Å². The number of ether oxygens (including phenoxy) is 2. The van der Waals surface area contributed by atoms with Gasteiger partial charge in [0.05, 0.1) is 18.8 Å². The maximum Gasteiger partial charge on any atom is 0.249 e. The van der Waals surface area contributed by atoms with Crippen LogP contribution in [-0.2, 0) is 9.47 Å². The molecule has 0 aliphatic carbocycles. The summed E-state index contributed by atoms with van der Waals surface area (Å²) in [5, 5.41) is 0. The normalized spacial score (nSPS) is 10.6. The number of carbonyl (C=O) groups excluding carboxylic acids is 1. The van der Waals surface area contributed by atoms with Gasteiger partial charge in [-0.15, -0.1) is 0 Å². The molecule has 1 aromatic heterocycles. The van der Waals surface area contributed by atoms with Crippen molar-refractivity contribution in [3.8, 4) is 11.1 Å². The molecule has 0 aliphatic rings. The largest absolute Gasteiger partial charge is 0.384 e. The number of aromatic nitrogens is 1. The highest BCUT2D eigenvalue weighted by Crippen LogP contribution is 2.26. The molecule has 0 unspecified atom stereocenters. The van der Waals surface area contributed by atoms with Crippen LogP contribution in [0, 0.1) is 0 Å². The minimum Gasteiger partial charge on any atom is -0.384 e. The Morgan fingerprint density at radius 3 is 2.24 bits per heavy atom. The second-order valence-corrected chi connectivity index (χ2v) is 5.54. The molecule has 0 bridgehead atoms. The zero-order valence-corrected chi connectivity index (χ0v) is 14.6. The van der Waals surface area contributed by atoms with Crippen LogP contribution in [0.2, 0.25) is 0 Å². The molecule has 0 saturated carbocycles. The number of amides is 1. The number of primary amides is 1. The van der Waals surface area contributed by atoms with E-state index in [1.807, 2.05) is 24.3 Å². The maximum absolute atomic E-state index is 11.7. The molecule has 7 nitrogen and oxygen atoms in total. The number of hydrogen-bond donors (Lipinski definition) is 2. The quantitative estimate of drug-likeness (QED) is 0.715. The minimum atomic E-state index is -0.532. The summed E-state index contributed by atoms with van der Waals surface area (Å²) in [6.45, 7) is 2.77. The Morgan fingerprint density at radius 1 is 1.12 bits per heavy atom. The highest BCUT2D eigenvalue weighted by molar-refractivity contribution is 6.00. The number of carbonyl (C=O) groups is 1. The Bertz CT molecular complexity index is 696. The number of nitrogens with zero attached hydrogens (tertiary/aromatic N) is 2. The lowest BCUT2D eigenvalue weighted by Crippen LogP contribution is -2.30. The Hall–Kier alpha value is -2.64. The summed E-state index contributed by atoms with van der Waals surface area (Å²) in [5.41, 5.74) is 14.0. The van der Waals surface area contributed by atoms with E-state index in [-0.39, 0.29) is 5.82 Å². The van der Waals surface area contributed by atoms with Crippen molar-refractivity contribution in [2.75, 3.05) is 51.2 Å². The number of rotatable bonds is 9. The number of pyridine rings is 1. The molecule has 25 heavy (non-hydrogen) atoms. The lowest BCUT2D eigenvalue weighted by Gasteiger charge is -2.24. The van der Waals surface area contributed by atoms with Gasteiger partial charge in [-0.05, 0) is 23.8 Å². The SMILES string of the molecule is COCCN(CCOC)c1ccc(-c2cnc(N)cc2C(N)=O)cc1. The third-order valence-electron chi connectivity index (χ3n) is 3.86. The molecule has 0 radical (unpaired) electrons. The molecule has 0 spiro atoms. The van der Waals surface area contributed by atoms with Crippen molar-refractivity contribution in [3.05, 3.63) is 42.1 Å². The molecule has 0 fully saturated rings. The number of anilines is 2. The highest BCUT2D eigenvalue weighted by atomic mass is 16.5. The number of benzene rings is 1. The monoisotopic (exact) mass is 344 g/mol. The topological polar surface area (TPSA) is 104 Å². The first-order valence-electron chi connectivity index (χ1n) is 7.95. The second-order valence-electron chi connectivity index (χ2n) is 5.54. The van der Waals surface area contributed by atoms with E-state index < -0.39 is 5.91 Å². The standard InChI is InChI=1S/C18H24N4O3/c1-24-9-7-22(8-10-25-2)14-5-3-13(4-6-14)16-12-21-17(19)11-15(16)18(20)23/h3-6,11-12H,7-10H2,1-2H3,(H2,19,21)(H2,20,23). The molecule has 4 N–H and O–H groups in total. The van der Waals surface area contributed by atoms with E-state index >= 15 is 0 Å². The molecular weight excluding hydrogens is 320 g/mol. The van der Waals surface area contributed by atoms with Crippen molar-refractivity contribution >= 4 is 17.4 Å². The van der Waals surface area contributed by atoms with Crippen molar-refractivity contribution in [3.63, 3.8) is 0 Å². The predicted octanol–water partition coefficient (Wildman–Crippen LogP) is 1.53. The van der Waals surface area contributed by atoms with Crippen LogP contribution >= 0.6 is 0 Å². The van der Waals surface area contributed by atoms with Gasteiger partial charge < -0.3 is 25.8 Å². The molecular formula is C18H24N4O3. The minimum absolute atomic E-state index is 0.263. The molecule has 1 aromatic carbocycles. The molecule has 2 rings (SSSR count). The Morgan fingerprint density at radius 2 is 1.72 bits per heavy atom. The van der Waals surface area contributed by atoms with Crippen LogP contribution in [0.5, 0.6) is 0 Å². The number of hydrogen-bond acceptors (Lipinski definition) is 6. The fraction of sp³-hybridized carbons (Fsp3) is 0.333. The van der Waals surface area contributed by atoms with Crippen LogP contribution < -0.4 is 16.4 Å². The molecule has 134 valence electrons. The Labute approximate surface area is 147 Å². The van der Waals surface area contributed by atoms with Crippen molar-refractivity contribution in [1.29, 1.82) is 0 Å². The van der Waals surface area contributed by atoms with E-state index in [4.69, 9.17) is 20.9 Å². The first-order chi connectivity index (χ1) is 12.1. The highest BCUT2D eigenvalue weighted by Gasteiger charge is 2.12. The summed E-state index contributed by atoms with van der Waals surface area (Å²) in [5.74, 6) is -0.269. The van der Waals surface area contributed by atoms with E-state index in [2.05, 4.69) is 9.88 Å². The van der Waals surface area contributed by atoms with Crippen molar-refractivity contribution < 1.29 is 14.3 Å². The molecule has 0 aliphatic heterocycles. The molecule has 1 heterocycles. The van der Waals surface area contributed by atoms with Crippen LogP contribution in [0.4, 0.5) is 11.5 Å². The third kappa shape index (κ3) is 4.91. The van der Waals surface area contributed by atoms with Gasteiger partial charge >= 0.3 is 0 Å². The van der Waals surface area contributed by atoms with Gasteiger partial charge in [0.25, 0.3) is 0 Å². The summed E-state index contributed by atoms with van der Waals surface area (Å²) >= 11 is 0. The summed E-state index contributed by atoms with van der Waals surface area (Å²) < 4.78 is 10.3. The molecule has 0 saturated heterocycles. The van der Waals surface area contributed by atoms with Gasteiger partial charge in [-0.1, -0.05) is 12.1 Å². The maximum atomic E-state index is 11.7. The average molecular weight is 344 g/mol. The van der Waals surface area contributed by atoms with E-state index in [0.29, 0.717) is 24.3 Å². The van der Waals surface area contributed by atoms with Crippen molar-refractivity contribution in [2.24, 2.45) is 5.73 Å². The zero-order valence-electron chi connectivity index (χ0n) is 14.6. The second kappa shape index (κ2) is 9.00. The van der Waals surface area contributed by atoms with Gasteiger partial charge in [0.1, 0.15) is 5.82 Å². The smallest absolute Gasteiger partial charge is 0.249 e. The first kappa shape index (κ1) is 18.7. The predicted molar refractivity (Wildman–Crippen MR) is 98.6 cm³/mol. The Kier molecular flexibility index (Phi) is 6.73. The number of methoxy groups -OCH3 is 2. The van der Waals surface area contributed by atoms with E-state index in [1.54, 1.807) is 20.4 Å². The van der Waals surface area contributed by atoms with Gasteiger partial charge in [0, 0.05) is 44.8 Å². The molecule has 1 amide bonds. The molecule has 0 atom stereocenters. The van der Waals surface area contributed by atoms with Crippen LogP contribution in [-0.4, -0.2) is 51.4 Å². The van der Waals surface area contributed by atoms with Crippen LogP contribution in [0.3, 0.4) is 0 Å². The van der Waals surface area contributed by atoms with Gasteiger partial charge in [-0.3, -0.25) is 4.79 Å². The lowest BCUT2D eigenvalue weighted by molar-refractivity contribution is 0.100. The third-order valence-corrected chi connectivity index (χ3v) is 3.86. The van der Waals surface area contributed by atoms with Crippen molar-refractivity contribution in [1.82, 2.24) is 4.98 Å². The summed E-state index contributed by atoms with van der Waals surface area (Å²) in [6, 6.07) is 9.34. The van der Waals surface area contributed by atoms with Gasteiger partial charge in [0.15, 0.2) is 0 Å². The lowest BCUT2D eigenvalue weighted by atomic mass is 10.0. The molecule has 2 aromatic rings. The van der Waals surface area contributed by atoms with Gasteiger partial charge in [0.2, 0.25) is 5.91 Å². The van der Waals surface area contributed by atoms with Crippen LogP contribution in [0.15, 0.2) is 36.5 Å². The van der Waals surface area contributed by atoms with Gasteiger partial charge in [-0.2, -0.15) is 0 Å². The zero-order chi connectivity index (χ0) is 18.2. The first-order valence-corrected chi connectivity index (χ1v) is 7.95. The van der Waals surface area contributed by atoms with Crippen molar-refractivity contribution in [2.45, 2.75) is 0 Å². The fourth-order valence-electron chi connectivity index (χ4n) is 2.53. The molecule has 7 heteroatoms. The number of nitrogens with two attached hydrogens (primary N) is 2. The van der Waals surface area contributed by atoms with Gasteiger partial charge in [-0.25, -0.2) is 4.98 Å². The van der Waals surface area contributed by atoms with Crippen LogP contribution in [0.1, 0.15) is 10.4 Å². The van der Waals surface area contributed by atoms with E-state index in [9.17, 15) is 4.79 Å². The Balaban J connectivity index is 2.28.